The molecule has 0 saturated carbocycles. The Labute approximate surface area is 138 Å². The summed E-state index contributed by atoms with van der Waals surface area (Å²) < 4.78 is 14.1. The van der Waals surface area contributed by atoms with Gasteiger partial charge in [-0.1, -0.05) is 0 Å². The van der Waals surface area contributed by atoms with Gasteiger partial charge in [0.15, 0.2) is 0 Å². The van der Waals surface area contributed by atoms with Gasteiger partial charge >= 0.3 is 12.0 Å². The van der Waals surface area contributed by atoms with Crippen molar-refractivity contribution in [2.24, 2.45) is 0 Å². The first kappa shape index (κ1) is 17.7. The minimum atomic E-state index is -0.951. The number of benzene rings is 1. The van der Waals surface area contributed by atoms with Crippen LogP contribution in [0.3, 0.4) is 0 Å². The number of amides is 3. The average molecular weight is 337 g/mol. The molecule has 0 unspecified atom stereocenters. The standard InChI is InChI=1S/C16H20FN3O4/c1-16(2,6-5-14(22)23)20-15(24)19-12-7-9-3-4-13(21)18-11(9)8-10(12)17/h7-8H,3-6H2,1-2H3,(H,18,21)(H,22,23)(H2,19,20,24). The maximum absolute atomic E-state index is 14.1. The van der Waals surface area contributed by atoms with E-state index in [0.717, 1.165) is 5.56 Å². The third-order valence-corrected chi connectivity index (χ3v) is 3.75. The molecule has 0 aromatic heterocycles. The van der Waals surface area contributed by atoms with Crippen molar-refractivity contribution >= 4 is 29.3 Å². The van der Waals surface area contributed by atoms with Gasteiger partial charge in [0, 0.05) is 24.1 Å². The van der Waals surface area contributed by atoms with E-state index in [4.69, 9.17) is 5.11 Å². The van der Waals surface area contributed by atoms with Crippen molar-refractivity contribution in [3.05, 3.63) is 23.5 Å². The maximum atomic E-state index is 14.1. The number of urea groups is 1. The minimum absolute atomic E-state index is 0.0106. The molecule has 0 fully saturated rings. The maximum Gasteiger partial charge on any atom is 0.319 e. The molecular weight excluding hydrogens is 317 g/mol. The van der Waals surface area contributed by atoms with Crippen molar-refractivity contribution < 1.29 is 23.9 Å². The van der Waals surface area contributed by atoms with Gasteiger partial charge in [0.2, 0.25) is 5.91 Å². The fourth-order valence-electron chi connectivity index (χ4n) is 2.44. The molecule has 7 nitrogen and oxygen atoms in total. The van der Waals surface area contributed by atoms with E-state index in [1.807, 2.05) is 0 Å². The van der Waals surface area contributed by atoms with Crippen LogP contribution in [-0.2, 0) is 16.0 Å². The highest BCUT2D eigenvalue weighted by molar-refractivity contribution is 5.95. The third-order valence-electron chi connectivity index (χ3n) is 3.75. The lowest BCUT2D eigenvalue weighted by Crippen LogP contribution is -2.45. The third kappa shape index (κ3) is 4.68. The van der Waals surface area contributed by atoms with E-state index in [1.54, 1.807) is 13.8 Å². The monoisotopic (exact) mass is 337 g/mol. The van der Waals surface area contributed by atoms with Gasteiger partial charge in [-0.15, -0.1) is 0 Å². The van der Waals surface area contributed by atoms with Crippen molar-refractivity contribution in [3.8, 4) is 0 Å². The number of rotatable bonds is 5. The first-order valence-electron chi connectivity index (χ1n) is 7.59. The number of aryl methyl sites for hydroxylation is 1. The number of hydrogen-bond donors (Lipinski definition) is 4. The van der Waals surface area contributed by atoms with Crippen LogP contribution < -0.4 is 16.0 Å². The van der Waals surface area contributed by atoms with E-state index >= 15 is 0 Å². The molecule has 24 heavy (non-hydrogen) atoms. The Morgan fingerprint density at radius 3 is 2.71 bits per heavy atom. The van der Waals surface area contributed by atoms with Crippen molar-refractivity contribution in [1.82, 2.24) is 5.32 Å². The number of hydrogen-bond acceptors (Lipinski definition) is 3. The molecule has 1 aliphatic heterocycles. The molecule has 1 aliphatic rings. The SMILES string of the molecule is CC(C)(CCC(=O)O)NC(=O)Nc1cc2c(cc1F)NC(=O)CC2. The fraction of sp³-hybridized carbons (Fsp3) is 0.438. The molecule has 0 bridgehead atoms. The summed E-state index contributed by atoms with van der Waals surface area (Å²) in [5.41, 5.74) is 0.422. The molecule has 0 atom stereocenters. The Hall–Kier alpha value is -2.64. The number of halogens is 1. The molecule has 1 aromatic carbocycles. The largest absolute Gasteiger partial charge is 0.481 e. The highest BCUT2D eigenvalue weighted by atomic mass is 19.1. The Morgan fingerprint density at radius 1 is 1.33 bits per heavy atom. The molecule has 1 aromatic rings. The van der Waals surface area contributed by atoms with Gasteiger partial charge in [0.25, 0.3) is 0 Å². The zero-order valence-corrected chi connectivity index (χ0v) is 13.5. The topological polar surface area (TPSA) is 108 Å². The van der Waals surface area contributed by atoms with Crippen LogP contribution >= 0.6 is 0 Å². The van der Waals surface area contributed by atoms with Crippen molar-refractivity contribution in [2.45, 2.75) is 45.1 Å². The van der Waals surface area contributed by atoms with Gasteiger partial charge in [-0.3, -0.25) is 9.59 Å². The number of carboxylic acid groups (broad SMARTS) is 1. The summed E-state index contributed by atoms with van der Waals surface area (Å²) in [7, 11) is 0. The predicted octanol–water partition coefficient (Wildman–Crippen LogP) is 2.48. The van der Waals surface area contributed by atoms with Crippen LogP contribution in [0.15, 0.2) is 12.1 Å². The van der Waals surface area contributed by atoms with Crippen LogP contribution in [0.25, 0.3) is 0 Å². The summed E-state index contributed by atoms with van der Waals surface area (Å²) in [5, 5.41) is 16.3. The molecule has 8 heteroatoms. The minimum Gasteiger partial charge on any atom is -0.481 e. The Morgan fingerprint density at radius 2 is 2.04 bits per heavy atom. The van der Waals surface area contributed by atoms with E-state index in [2.05, 4.69) is 16.0 Å². The number of fused-ring (bicyclic) bond motifs is 1. The van der Waals surface area contributed by atoms with Gasteiger partial charge in [-0.25, -0.2) is 9.18 Å². The molecule has 130 valence electrons. The van der Waals surface area contributed by atoms with Gasteiger partial charge in [-0.2, -0.15) is 0 Å². The summed E-state index contributed by atoms with van der Waals surface area (Å²) in [6, 6.07) is 2.05. The number of carbonyl (C=O) groups is 3. The molecule has 0 saturated heterocycles. The number of carbonyl (C=O) groups excluding carboxylic acids is 2. The summed E-state index contributed by atoms with van der Waals surface area (Å²) in [6.07, 6.45) is 0.947. The quantitative estimate of drug-likeness (QED) is 0.662. The van der Waals surface area contributed by atoms with E-state index in [9.17, 15) is 18.8 Å². The summed E-state index contributed by atoms with van der Waals surface area (Å²) in [4.78, 5) is 34.0. The van der Waals surface area contributed by atoms with Crippen LogP contribution in [0.1, 0.15) is 38.7 Å². The lowest BCUT2D eigenvalue weighted by molar-refractivity contribution is -0.137. The molecule has 0 aliphatic carbocycles. The normalized spacial score (nSPS) is 13.7. The fourth-order valence-corrected chi connectivity index (χ4v) is 2.44. The van der Waals surface area contributed by atoms with Crippen molar-refractivity contribution in [1.29, 1.82) is 0 Å². The highest BCUT2D eigenvalue weighted by Gasteiger charge is 2.23. The number of carboxylic acids is 1. The highest BCUT2D eigenvalue weighted by Crippen LogP contribution is 2.28. The molecule has 2 rings (SSSR count). The van der Waals surface area contributed by atoms with Crippen molar-refractivity contribution in [3.63, 3.8) is 0 Å². The molecule has 0 spiro atoms. The first-order valence-corrected chi connectivity index (χ1v) is 7.59. The lowest BCUT2D eigenvalue weighted by Gasteiger charge is -2.26. The zero-order valence-electron chi connectivity index (χ0n) is 13.5. The van der Waals surface area contributed by atoms with Gasteiger partial charge < -0.3 is 21.1 Å². The molecule has 3 amide bonds. The Kier molecular flexibility index (Phi) is 5.06. The second-order valence-corrected chi connectivity index (χ2v) is 6.39. The zero-order chi connectivity index (χ0) is 17.9. The second kappa shape index (κ2) is 6.86. The van der Waals surface area contributed by atoms with Crippen LogP contribution in [0.2, 0.25) is 0 Å². The summed E-state index contributed by atoms with van der Waals surface area (Å²) in [6.45, 7) is 3.38. The van der Waals surface area contributed by atoms with Gasteiger partial charge in [0.1, 0.15) is 5.82 Å². The van der Waals surface area contributed by atoms with Crippen molar-refractivity contribution in [2.75, 3.05) is 10.6 Å². The summed E-state index contributed by atoms with van der Waals surface area (Å²) >= 11 is 0. The average Bonchev–Trinajstić information content (AvgIpc) is 2.46. The number of anilines is 2. The lowest BCUT2D eigenvalue weighted by atomic mass is 9.99. The Bertz CT molecular complexity index is 688. The van der Waals surface area contributed by atoms with Crippen LogP contribution in [0, 0.1) is 5.82 Å². The van der Waals surface area contributed by atoms with Crippen LogP contribution in [-0.4, -0.2) is 28.6 Å². The Balaban J connectivity index is 2.04. The molecule has 4 N–H and O–H groups in total. The first-order chi connectivity index (χ1) is 11.2. The molecular formula is C16H20FN3O4. The van der Waals surface area contributed by atoms with Gasteiger partial charge in [-0.05, 0) is 44.4 Å². The van der Waals surface area contributed by atoms with Crippen LogP contribution in [0.4, 0.5) is 20.6 Å². The second-order valence-electron chi connectivity index (χ2n) is 6.39. The van der Waals surface area contributed by atoms with Crippen LogP contribution in [0.5, 0.6) is 0 Å². The molecule has 1 heterocycles. The summed E-state index contributed by atoms with van der Waals surface area (Å²) in [5.74, 6) is -1.77. The van der Waals surface area contributed by atoms with E-state index in [1.165, 1.54) is 12.1 Å². The van der Waals surface area contributed by atoms with Gasteiger partial charge in [0.05, 0.1) is 5.69 Å². The smallest absolute Gasteiger partial charge is 0.319 e. The predicted molar refractivity (Wildman–Crippen MR) is 86.5 cm³/mol. The number of nitrogens with one attached hydrogen (secondary N) is 3. The van der Waals surface area contributed by atoms with E-state index in [0.29, 0.717) is 18.5 Å². The molecule has 0 radical (unpaired) electrons. The van der Waals surface area contributed by atoms with E-state index < -0.39 is 23.4 Å². The van der Waals surface area contributed by atoms with E-state index in [-0.39, 0.29) is 24.4 Å². The number of aliphatic carboxylic acids is 1.